The molecule has 0 amide bonds. The summed E-state index contributed by atoms with van der Waals surface area (Å²) in [5, 5.41) is 44.1. The highest BCUT2D eigenvalue weighted by atomic mass is 16.6. The van der Waals surface area contributed by atoms with Crippen LogP contribution in [0.15, 0.2) is 4.99 Å². The average molecular weight is 303 g/mol. The summed E-state index contributed by atoms with van der Waals surface area (Å²) in [6.07, 6.45) is -5.23. The number of aliphatic hydroxyl groups is 3. The van der Waals surface area contributed by atoms with Gasteiger partial charge in [0.25, 0.3) is 0 Å². The number of rotatable bonds is 2. The number of aliphatic hydroxyl groups excluding tert-OH is 3. The molecule has 3 heterocycles. The number of fused-ring (bicyclic) bond motifs is 1. The van der Waals surface area contributed by atoms with E-state index >= 15 is 0 Å². The monoisotopic (exact) mass is 303 g/mol. The van der Waals surface area contributed by atoms with Crippen molar-refractivity contribution in [2.24, 2.45) is 10.7 Å². The molecule has 3 aliphatic heterocycles. The van der Waals surface area contributed by atoms with E-state index in [0.29, 0.717) is 6.67 Å². The Hall–Kier alpha value is -0.850. The van der Waals surface area contributed by atoms with E-state index in [2.05, 4.69) is 10.3 Å². The van der Waals surface area contributed by atoms with Crippen LogP contribution in [0.3, 0.4) is 0 Å². The van der Waals surface area contributed by atoms with Gasteiger partial charge in [-0.15, -0.1) is 0 Å². The number of hydrogen-bond acceptors (Lipinski definition) is 9. The Morgan fingerprint density at radius 2 is 2.24 bits per heavy atom. The van der Waals surface area contributed by atoms with Gasteiger partial charge in [-0.05, 0) is 0 Å². The molecule has 7 N–H and O–H groups in total. The molecule has 2 saturated heterocycles. The van der Waals surface area contributed by atoms with Gasteiger partial charge >= 0.3 is 0 Å². The van der Waals surface area contributed by atoms with Gasteiger partial charge in [-0.1, -0.05) is 0 Å². The fourth-order valence-corrected chi connectivity index (χ4v) is 3.32. The molecule has 10 nitrogen and oxygen atoms in total. The number of hydrogen-bond donors (Lipinski definition) is 6. The number of nitrogens with one attached hydrogen (secondary N) is 2. The highest BCUT2D eigenvalue weighted by Gasteiger charge is 2.54. The van der Waals surface area contributed by atoms with E-state index in [-0.39, 0.29) is 12.5 Å². The fraction of sp³-hybridized carbons (Fsp3) is 0.909. The summed E-state index contributed by atoms with van der Waals surface area (Å²) >= 11 is 0. The largest absolute Gasteiger partial charge is 0.858 e. The highest BCUT2D eigenvalue weighted by molar-refractivity contribution is 5.78. The van der Waals surface area contributed by atoms with Crippen LogP contribution in [0.4, 0.5) is 0 Å². The summed E-state index contributed by atoms with van der Waals surface area (Å²) in [5.41, 5.74) is 5.68. The van der Waals surface area contributed by atoms with E-state index in [4.69, 9.17) is 15.6 Å². The topological polar surface area (TPSA) is 151 Å². The number of aliphatic imine (C=N–C) groups is 1. The molecule has 8 atom stereocenters. The average Bonchev–Trinajstić information content (AvgIpc) is 2.89. The zero-order valence-corrected chi connectivity index (χ0v) is 11.6. The molecule has 0 aliphatic carbocycles. The minimum Gasteiger partial charge on any atom is -0.858 e. The van der Waals surface area contributed by atoms with Crippen molar-refractivity contribution in [1.29, 1.82) is 0 Å². The molecule has 3 aliphatic rings. The first-order valence-electron chi connectivity index (χ1n) is 6.91. The molecule has 3 rings (SSSR count). The molecule has 0 radical (unpaired) electrons. The number of likely N-dealkylation sites (N-methyl/N-ethyl adjacent to an activating group) is 1. The van der Waals surface area contributed by atoms with Crippen LogP contribution in [0, 0.1) is 0 Å². The van der Waals surface area contributed by atoms with Crippen LogP contribution in [-0.2, 0) is 4.74 Å². The van der Waals surface area contributed by atoms with Crippen LogP contribution >= 0.6 is 0 Å². The maximum Gasteiger partial charge on any atom is 0.151 e. The first kappa shape index (κ1) is 15.1. The summed E-state index contributed by atoms with van der Waals surface area (Å²) in [6, 6.07) is -0.439. The second-order valence-corrected chi connectivity index (χ2v) is 5.75. The van der Waals surface area contributed by atoms with Crippen molar-refractivity contribution >= 4 is 5.90 Å². The van der Waals surface area contributed by atoms with E-state index in [9.17, 15) is 15.3 Å². The van der Waals surface area contributed by atoms with Gasteiger partial charge in [0.2, 0.25) is 0 Å². The van der Waals surface area contributed by atoms with Crippen molar-refractivity contribution in [3.05, 3.63) is 0 Å². The van der Waals surface area contributed by atoms with E-state index in [1.54, 1.807) is 4.90 Å². The predicted octanol–water partition coefficient (Wildman–Crippen LogP) is -6.49. The van der Waals surface area contributed by atoms with Gasteiger partial charge in [-0.2, -0.15) is 0 Å². The molecular formula is C11H21N5O5. The Labute approximate surface area is 121 Å². The molecule has 0 aromatic rings. The molecule has 0 aromatic heterocycles. The standard InChI is InChI=1S/C11H21N5O5/c1-15-3-16(8-5(15)9(20)14-11(12)13-8)10-7(19)6(18)4(2-17)21-10/h4-8,10-11,13,17-19H,2-3,12H2,1H3,(H,14,20)/t4-,5?,6-,7-,8?,10-,11?/m1/s1. The lowest BCUT2D eigenvalue weighted by Crippen LogP contribution is -3.13. The van der Waals surface area contributed by atoms with Crippen LogP contribution in [0.2, 0.25) is 0 Å². The van der Waals surface area contributed by atoms with Crippen molar-refractivity contribution in [1.82, 2.24) is 10.2 Å². The van der Waals surface area contributed by atoms with Crippen LogP contribution in [0.25, 0.3) is 0 Å². The van der Waals surface area contributed by atoms with E-state index in [0.717, 1.165) is 4.90 Å². The minimum absolute atomic E-state index is 0.294. The van der Waals surface area contributed by atoms with Gasteiger partial charge in [-0.25, -0.2) is 4.90 Å². The van der Waals surface area contributed by atoms with Gasteiger partial charge in [0, 0.05) is 5.90 Å². The second-order valence-electron chi connectivity index (χ2n) is 5.75. The SMILES string of the molecule is C[NH+]1CN([C@@H]2O[C@H](CO)[C@@H](O)[C@H]2O)C2NC(N)N=C([O-])C21. The Morgan fingerprint density at radius 1 is 1.52 bits per heavy atom. The lowest BCUT2D eigenvalue weighted by atomic mass is 10.1. The Balaban J connectivity index is 1.82. The zero-order chi connectivity index (χ0) is 15.3. The zero-order valence-electron chi connectivity index (χ0n) is 11.6. The number of quaternary nitrogens is 1. The van der Waals surface area contributed by atoms with Crippen LogP contribution in [-0.4, -0.2) is 89.5 Å². The number of nitrogens with two attached hydrogens (primary N) is 1. The number of nitrogens with zero attached hydrogens (tertiary/aromatic N) is 2. The first-order chi connectivity index (χ1) is 9.93. The third-order valence-electron chi connectivity index (χ3n) is 4.35. The molecule has 4 unspecified atom stereocenters. The molecule has 120 valence electrons. The third-order valence-corrected chi connectivity index (χ3v) is 4.35. The van der Waals surface area contributed by atoms with Crippen LogP contribution in [0.1, 0.15) is 0 Å². The molecule has 0 saturated carbocycles. The molecule has 0 aromatic carbocycles. The normalized spacial score (nSPS) is 51.0. The molecular weight excluding hydrogens is 282 g/mol. The minimum atomic E-state index is -1.17. The van der Waals surface area contributed by atoms with Crippen molar-refractivity contribution < 1.29 is 30.1 Å². The Morgan fingerprint density at radius 3 is 2.86 bits per heavy atom. The van der Waals surface area contributed by atoms with Gasteiger partial charge in [0.15, 0.2) is 6.29 Å². The summed E-state index contributed by atoms with van der Waals surface area (Å²) < 4.78 is 5.53. The smallest absolute Gasteiger partial charge is 0.151 e. The number of ether oxygens (including phenoxy) is 1. The molecule has 21 heavy (non-hydrogen) atoms. The van der Waals surface area contributed by atoms with Gasteiger partial charge in [0.1, 0.15) is 43.4 Å². The lowest BCUT2D eigenvalue weighted by Gasteiger charge is -2.36. The van der Waals surface area contributed by atoms with Gasteiger partial charge < -0.3 is 30.1 Å². The van der Waals surface area contributed by atoms with Crippen molar-refractivity contribution in [2.45, 2.75) is 43.0 Å². The quantitative estimate of drug-likeness (QED) is 0.295. The van der Waals surface area contributed by atoms with E-state index in [1.807, 2.05) is 7.05 Å². The van der Waals surface area contributed by atoms with E-state index in [1.165, 1.54) is 0 Å². The Kier molecular flexibility index (Phi) is 3.88. The van der Waals surface area contributed by atoms with Gasteiger partial charge in [-0.3, -0.25) is 16.0 Å². The Bertz CT molecular complexity index is 437. The second kappa shape index (κ2) is 5.41. The summed E-state index contributed by atoms with van der Waals surface area (Å²) in [4.78, 5) is 6.43. The van der Waals surface area contributed by atoms with Crippen LogP contribution < -0.4 is 21.1 Å². The van der Waals surface area contributed by atoms with Crippen molar-refractivity contribution in [2.75, 3.05) is 20.3 Å². The molecule has 10 heteroatoms. The maximum atomic E-state index is 12.0. The maximum absolute atomic E-state index is 12.0. The fourth-order valence-electron chi connectivity index (χ4n) is 3.32. The van der Waals surface area contributed by atoms with E-state index < -0.39 is 43.0 Å². The first-order valence-corrected chi connectivity index (χ1v) is 6.91. The van der Waals surface area contributed by atoms with Gasteiger partial charge in [0.05, 0.1) is 13.7 Å². The predicted molar refractivity (Wildman–Crippen MR) is 67.5 cm³/mol. The summed E-state index contributed by atoms with van der Waals surface area (Å²) in [6.45, 7) is 0.0312. The summed E-state index contributed by atoms with van der Waals surface area (Å²) in [5.74, 6) is -0.294. The third kappa shape index (κ3) is 2.33. The van der Waals surface area contributed by atoms with Crippen LogP contribution in [0.5, 0.6) is 0 Å². The summed E-state index contributed by atoms with van der Waals surface area (Å²) in [7, 11) is 1.84. The molecule has 0 spiro atoms. The highest BCUT2D eigenvalue weighted by Crippen LogP contribution is 2.26. The molecule has 2 fully saturated rings. The lowest BCUT2D eigenvalue weighted by molar-refractivity contribution is -0.889. The van der Waals surface area contributed by atoms with Crippen molar-refractivity contribution in [3.8, 4) is 0 Å². The van der Waals surface area contributed by atoms with Crippen molar-refractivity contribution in [3.63, 3.8) is 0 Å². The molecule has 0 bridgehead atoms.